The van der Waals surface area contributed by atoms with Crippen LogP contribution in [0.3, 0.4) is 0 Å². The molecule has 0 bridgehead atoms. The molecule has 0 fully saturated rings. The molecule has 132 valence electrons. The van der Waals surface area contributed by atoms with Crippen LogP contribution in [0, 0.1) is 0 Å². The van der Waals surface area contributed by atoms with E-state index in [4.69, 9.17) is 0 Å². The summed E-state index contributed by atoms with van der Waals surface area (Å²) in [6.45, 7) is 0. The van der Waals surface area contributed by atoms with Gasteiger partial charge in [0.2, 0.25) is 5.91 Å². The first kappa shape index (κ1) is 17.5. The Morgan fingerprint density at radius 1 is 1.00 bits per heavy atom. The van der Waals surface area contributed by atoms with Crippen LogP contribution < -0.4 is 5.32 Å². The Morgan fingerprint density at radius 2 is 1.77 bits per heavy atom. The zero-order valence-electron chi connectivity index (χ0n) is 14.4. The quantitative estimate of drug-likeness (QED) is 0.541. The number of carbonyl (C=O) groups excluding carboxylic acids is 2. The number of esters is 1. The predicted molar refractivity (Wildman–Crippen MR) is 100 cm³/mol. The number of hydrogen-bond acceptors (Lipinski definition) is 4. The molecule has 0 aliphatic rings. The summed E-state index contributed by atoms with van der Waals surface area (Å²) in [5.41, 5.74) is 1.27. The van der Waals surface area contributed by atoms with Crippen LogP contribution in [0.1, 0.15) is 22.3 Å². The maximum atomic E-state index is 12.2. The number of phenolic OH excluding ortho intramolecular Hbond substituents is 1. The summed E-state index contributed by atoms with van der Waals surface area (Å²) < 4.78 is 4.61. The molecule has 3 aromatic carbocycles. The number of aryl methyl sites for hydroxylation is 1. The van der Waals surface area contributed by atoms with E-state index >= 15 is 0 Å². The summed E-state index contributed by atoms with van der Waals surface area (Å²) in [7, 11) is 1.23. The number of ether oxygens (including phenoxy) is 1. The molecular formula is C21H19NO4. The molecular weight excluding hydrogens is 330 g/mol. The number of carbonyl (C=O) groups is 2. The summed E-state index contributed by atoms with van der Waals surface area (Å²) in [6, 6.07) is 18.7. The van der Waals surface area contributed by atoms with Crippen LogP contribution in [0.5, 0.6) is 5.75 Å². The number of aromatic hydroxyl groups is 1. The second-order valence-corrected chi connectivity index (χ2v) is 5.92. The molecule has 2 N–H and O–H groups in total. The molecule has 0 unspecified atom stereocenters. The number of nitrogens with one attached hydrogen (secondary N) is 1. The van der Waals surface area contributed by atoms with Crippen LogP contribution in [-0.4, -0.2) is 24.1 Å². The topological polar surface area (TPSA) is 75.6 Å². The third-order valence-corrected chi connectivity index (χ3v) is 4.17. The minimum Gasteiger partial charge on any atom is -0.505 e. The second kappa shape index (κ2) is 7.70. The van der Waals surface area contributed by atoms with Crippen LogP contribution in [-0.2, 0) is 16.0 Å². The Morgan fingerprint density at radius 3 is 2.54 bits per heavy atom. The lowest BCUT2D eigenvalue weighted by molar-refractivity contribution is -0.116. The van der Waals surface area contributed by atoms with Gasteiger partial charge in [-0.15, -0.1) is 0 Å². The fraction of sp³-hybridized carbons (Fsp3) is 0.143. The summed E-state index contributed by atoms with van der Waals surface area (Å²) >= 11 is 0. The molecule has 0 aromatic heterocycles. The maximum absolute atomic E-state index is 12.2. The van der Waals surface area contributed by atoms with Gasteiger partial charge in [-0.2, -0.15) is 0 Å². The monoisotopic (exact) mass is 349 g/mol. The van der Waals surface area contributed by atoms with Crippen molar-refractivity contribution in [2.75, 3.05) is 12.4 Å². The smallest absolute Gasteiger partial charge is 0.341 e. The van der Waals surface area contributed by atoms with Crippen molar-refractivity contribution in [3.05, 3.63) is 71.8 Å². The number of amides is 1. The Balaban J connectivity index is 1.66. The first-order chi connectivity index (χ1) is 12.6. The van der Waals surface area contributed by atoms with E-state index in [0.29, 0.717) is 6.42 Å². The molecule has 1 amide bonds. The number of para-hydroxylation sites is 1. The molecule has 0 saturated carbocycles. The Hall–Kier alpha value is -3.34. The Kier molecular flexibility index (Phi) is 5.17. The molecule has 0 heterocycles. The summed E-state index contributed by atoms with van der Waals surface area (Å²) in [4.78, 5) is 23.8. The van der Waals surface area contributed by atoms with Gasteiger partial charge in [0.05, 0.1) is 12.8 Å². The summed E-state index contributed by atoms with van der Waals surface area (Å²) in [5.74, 6) is -1.19. The first-order valence-electron chi connectivity index (χ1n) is 8.26. The van der Waals surface area contributed by atoms with E-state index in [9.17, 15) is 14.7 Å². The zero-order valence-corrected chi connectivity index (χ0v) is 14.4. The third kappa shape index (κ3) is 3.83. The van der Waals surface area contributed by atoms with Gasteiger partial charge in [0.25, 0.3) is 0 Å². The average Bonchev–Trinajstić information content (AvgIpc) is 2.67. The highest BCUT2D eigenvalue weighted by Gasteiger charge is 2.15. The van der Waals surface area contributed by atoms with Crippen molar-refractivity contribution in [2.24, 2.45) is 0 Å². The predicted octanol–water partition coefficient (Wildman–Crippen LogP) is 3.90. The zero-order chi connectivity index (χ0) is 18.5. The first-order valence-corrected chi connectivity index (χ1v) is 8.26. The molecule has 0 radical (unpaired) electrons. The average molecular weight is 349 g/mol. The van der Waals surface area contributed by atoms with Crippen molar-refractivity contribution >= 4 is 28.3 Å². The van der Waals surface area contributed by atoms with Gasteiger partial charge >= 0.3 is 5.97 Å². The SMILES string of the molecule is COC(=O)c1cccc(NC(=O)CCc2ccc3ccccc3c2)c1O. The van der Waals surface area contributed by atoms with E-state index in [0.717, 1.165) is 16.3 Å². The number of anilines is 1. The van der Waals surface area contributed by atoms with E-state index in [-0.39, 0.29) is 29.3 Å². The van der Waals surface area contributed by atoms with Crippen molar-refractivity contribution in [1.82, 2.24) is 0 Å². The third-order valence-electron chi connectivity index (χ3n) is 4.17. The molecule has 0 saturated heterocycles. The summed E-state index contributed by atoms with van der Waals surface area (Å²) in [5, 5.41) is 15.1. The minimum absolute atomic E-state index is 0.0137. The van der Waals surface area contributed by atoms with Gasteiger partial charge < -0.3 is 15.2 Å². The lowest BCUT2D eigenvalue weighted by Crippen LogP contribution is -2.13. The highest BCUT2D eigenvalue weighted by Crippen LogP contribution is 2.28. The number of methoxy groups -OCH3 is 1. The van der Waals surface area contributed by atoms with E-state index in [1.54, 1.807) is 6.07 Å². The molecule has 0 aliphatic carbocycles. The lowest BCUT2D eigenvalue weighted by atomic mass is 10.0. The van der Waals surface area contributed by atoms with Crippen LogP contribution in [0.25, 0.3) is 10.8 Å². The van der Waals surface area contributed by atoms with Gasteiger partial charge in [-0.3, -0.25) is 4.79 Å². The molecule has 0 aliphatic heterocycles. The second-order valence-electron chi connectivity index (χ2n) is 5.92. The largest absolute Gasteiger partial charge is 0.505 e. The van der Waals surface area contributed by atoms with Crippen LogP contribution >= 0.6 is 0 Å². The number of fused-ring (bicyclic) bond motifs is 1. The fourth-order valence-electron chi connectivity index (χ4n) is 2.78. The standard InChI is InChI=1S/C21H19NO4/c1-26-21(25)17-7-4-8-18(20(17)24)22-19(23)12-10-14-9-11-15-5-2-3-6-16(15)13-14/h2-9,11,13,24H,10,12H2,1H3,(H,22,23). The lowest BCUT2D eigenvalue weighted by Gasteiger charge is -2.10. The molecule has 5 heteroatoms. The Labute approximate surface area is 151 Å². The van der Waals surface area contributed by atoms with Crippen molar-refractivity contribution < 1.29 is 19.4 Å². The fourth-order valence-corrected chi connectivity index (χ4v) is 2.78. The normalized spacial score (nSPS) is 10.5. The van der Waals surface area contributed by atoms with Crippen molar-refractivity contribution in [3.63, 3.8) is 0 Å². The van der Waals surface area contributed by atoms with Crippen LogP contribution in [0.4, 0.5) is 5.69 Å². The van der Waals surface area contributed by atoms with Crippen molar-refractivity contribution in [2.45, 2.75) is 12.8 Å². The van der Waals surface area contributed by atoms with E-state index < -0.39 is 5.97 Å². The molecule has 26 heavy (non-hydrogen) atoms. The number of phenols is 1. The molecule has 0 spiro atoms. The van der Waals surface area contributed by atoms with Gasteiger partial charge in [-0.25, -0.2) is 4.79 Å². The number of hydrogen-bond donors (Lipinski definition) is 2. The number of benzene rings is 3. The van der Waals surface area contributed by atoms with E-state index in [1.807, 2.05) is 36.4 Å². The van der Waals surface area contributed by atoms with Gasteiger partial charge in [0, 0.05) is 6.42 Å². The van der Waals surface area contributed by atoms with E-state index in [1.165, 1.54) is 19.2 Å². The molecule has 5 nitrogen and oxygen atoms in total. The van der Waals surface area contributed by atoms with Gasteiger partial charge in [0.15, 0.2) is 5.75 Å². The maximum Gasteiger partial charge on any atom is 0.341 e. The molecule has 0 atom stereocenters. The summed E-state index contributed by atoms with van der Waals surface area (Å²) in [6.07, 6.45) is 0.842. The van der Waals surface area contributed by atoms with Crippen LogP contribution in [0.15, 0.2) is 60.7 Å². The highest BCUT2D eigenvalue weighted by molar-refractivity contribution is 5.98. The number of rotatable bonds is 5. The van der Waals surface area contributed by atoms with Gasteiger partial charge in [-0.05, 0) is 34.9 Å². The van der Waals surface area contributed by atoms with Gasteiger partial charge in [0.1, 0.15) is 5.56 Å². The molecule has 3 aromatic rings. The van der Waals surface area contributed by atoms with Crippen LogP contribution in [0.2, 0.25) is 0 Å². The minimum atomic E-state index is -0.658. The molecule has 3 rings (SSSR count). The van der Waals surface area contributed by atoms with Gasteiger partial charge in [-0.1, -0.05) is 48.5 Å². The van der Waals surface area contributed by atoms with Crippen molar-refractivity contribution in [3.8, 4) is 5.75 Å². The van der Waals surface area contributed by atoms with Crippen molar-refractivity contribution in [1.29, 1.82) is 0 Å². The Bertz CT molecular complexity index is 965. The highest BCUT2D eigenvalue weighted by atomic mass is 16.5. The van der Waals surface area contributed by atoms with E-state index in [2.05, 4.69) is 16.1 Å².